The van der Waals surface area contributed by atoms with Gasteiger partial charge in [0.1, 0.15) is 31.0 Å². The van der Waals surface area contributed by atoms with Gasteiger partial charge in [-0.2, -0.15) is 0 Å². The minimum Gasteiger partial charge on any atom is -0.460 e. The van der Waals surface area contributed by atoms with Gasteiger partial charge >= 0.3 is 5.97 Å². The van der Waals surface area contributed by atoms with E-state index in [1.54, 1.807) is 24.3 Å². The maximum absolute atomic E-state index is 11.4. The SMILES string of the molecule is O=C(/C=C/c1ccccc1)OC[C@H](O)[C@@H](O)[C@H](O)[C@H](O)CO. The summed E-state index contributed by atoms with van der Waals surface area (Å²) in [5.41, 5.74) is 0.793. The molecule has 0 saturated carbocycles. The molecule has 0 saturated heterocycles. The molecule has 7 nitrogen and oxygen atoms in total. The van der Waals surface area contributed by atoms with E-state index in [4.69, 9.17) is 14.9 Å². The van der Waals surface area contributed by atoms with E-state index in [0.717, 1.165) is 11.6 Å². The Hall–Kier alpha value is -1.77. The van der Waals surface area contributed by atoms with Gasteiger partial charge < -0.3 is 30.3 Å². The van der Waals surface area contributed by atoms with E-state index in [1.165, 1.54) is 6.08 Å². The Morgan fingerprint density at radius 3 is 2.23 bits per heavy atom. The largest absolute Gasteiger partial charge is 0.460 e. The average molecular weight is 312 g/mol. The fourth-order valence-electron chi connectivity index (χ4n) is 1.61. The van der Waals surface area contributed by atoms with Crippen molar-refractivity contribution in [3.63, 3.8) is 0 Å². The molecule has 0 spiro atoms. The molecule has 1 aromatic carbocycles. The first kappa shape index (κ1) is 18.3. The second-order valence-corrected chi connectivity index (χ2v) is 4.67. The van der Waals surface area contributed by atoms with Gasteiger partial charge in [0.15, 0.2) is 0 Å². The van der Waals surface area contributed by atoms with Crippen LogP contribution in [0.25, 0.3) is 6.08 Å². The minimum atomic E-state index is -1.76. The second kappa shape index (κ2) is 9.29. The van der Waals surface area contributed by atoms with Gasteiger partial charge in [-0.05, 0) is 11.6 Å². The summed E-state index contributed by atoms with van der Waals surface area (Å²) in [4.78, 5) is 11.4. The van der Waals surface area contributed by atoms with Crippen molar-refractivity contribution in [2.24, 2.45) is 0 Å². The van der Waals surface area contributed by atoms with Crippen molar-refractivity contribution in [2.45, 2.75) is 24.4 Å². The Kier molecular flexibility index (Phi) is 7.72. The van der Waals surface area contributed by atoms with Gasteiger partial charge in [-0.1, -0.05) is 30.3 Å². The lowest BCUT2D eigenvalue weighted by Gasteiger charge is -2.25. The van der Waals surface area contributed by atoms with Crippen LogP contribution in [0.5, 0.6) is 0 Å². The molecule has 0 unspecified atom stereocenters. The Balaban J connectivity index is 2.41. The fraction of sp³-hybridized carbons (Fsp3) is 0.400. The zero-order valence-electron chi connectivity index (χ0n) is 11.8. The molecule has 1 rings (SSSR count). The highest BCUT2D eigenvalue weighted by Crippen LogP contribution is 2.06. The molecule has 0 amide bonds. The van der Waals surface area contributed by atoms with Crippen molar-refractivity contribution in [1.82, 2.24) is 0 Å². The topological polar surface area (TPSA) is 127 Å². The number of aliphatic hydroxyl groups is 5. The molecular weight excluding hydrogens is 292 g/mol. The lowest BCUT2D eigenvalue weighted by Crippen LogP contribution is -2.47. The third-order valence-electron chi connectivity index (χ3n) is 2.93. The van der Waals surface area contributed by atoms with Crippen LogP contribution < -0.4 is 0 Å². The zero-order valence-corrected chi connectivity index (χ0v) is 11.8. The fourth-order valence-corrected chi connectivity index (χ4v) is 1.61. The van der Waals surface area contributed by atoms with Gasteiger partial charge in [-0.15, -0.1) is 0 Å². The summed E-state index contributed by atoms with van der Waals surface area (Å²) in [5.74, 6) is -0.729. The lowest BCUT2D eigenvalue weighted by atomic mass is 10.0. The highest BCUT2D eigenvalue weighted by molar-refractivity contribution is 5.87. The Labute approximate surface area is 127 Å². The number of hydrogen-bond acceptors (Lipinski definition) is 7. The number of ether oxygens (including phenoxy) is 1. The summed E-state index contributed by atoms with van der Waals surface area (Å²) >= 11 is 0. The average Bonchev–Trinajstić information content (AvgIpc) is 2.56. The van der Waals surface area contributed by atoms with Crippen molar-refractivity contribution in [2.75, 3.05) is 13.2 Å². The van der Waals surface area contributed by atoms with Gasteiger partial charge in [0.2, 0.25) is 0 Å². The Morgan fingerprint density at radius 2 is 1.64 bits per heavy atom. The number of aliphatic hydroxyl groups excluding tert-OH is 5. The van der Waals surface area contributed by atoms with Crippen molar-refractivity contribution >= 4 is 12.0 Å². The summed E-state index contributed by atoms with van der Waals surface area (Å²) in [6.45, 7) is -1.33. The summed E-state index contributed by atoms with van der Waals surface area (Å²) in [6, 6.07) is 9.02. The van der Waals surface area contributed by atoms with E-state index in [0.29, 0.717) is 0 Å². The molecule has 4 atom stereocenters. The number of carbonyl (C=O) groups is 1. The highest BCUT2D eigenvalue weighted by atomic mass is 16.5. The zero-order chi connectivity index (χ0) is 16.5. The highest BCUT2D eigenvalue weighted by Gasteiger charge is 2.30. The predicted molar refractivity (Wildman–Crippen MR) is 77.5 cm³/mol. The first-order valence-corrected chi connectivity index (χ1v) is 6.68. The summed E-state index contributed by atoms with van der Waals surface area (Å²) in [5, 5.41) is 46.3. The molecule has 0 aliphatic rings. The molecule has 0 aliphatic carbocycles. The molecular formula is C15H20O7. The molecule has 0 radical (unpaired) electrons. The molecule has 122 valence electrons. The third kappa shape index (κ3) is 5.92. The van der Waals surface area contributed by atoms with Crippen LogP contribution in [0.2, 0.25) is 0 Å². The maximum Gasteiger partial charge on any atom is 0.330 e. The van der Waals surface area contributed by atoms with Crippen molar-refractivity contribution < 1.29 is 35.1 Å². The molecule has 0 bridgehead atoms. The van der Waals surface area contributed by atoms with Crippen LogP contribution in [0.15, 0.2) is 36.4 Å². The van der Waals surface area contributed by atoms with Crippen LogP contribution in [0, 0.1) is 0 Å². The Bertz CT molecular complexity index is 474. The number of benzene rings is 1. The van der Waals surface area contributed by atoms with Crippen LogP contribution in [0.4, 0.5) is 0 Å². The van der Waals surface area contributed by atoms with Crippen molar-refractivity contribution in [1.29, 1.82) is 0 Å². The van der Waals surface area contributed by atoms with Crippen LogP contribution in [-0.4, -0.2) is 69.1 Å². The Morgan fingerprint density at radius 1 is 1.05 bits per heavy atom. The first-order chi connectivity index (χ1) is 10.5. The molecule has 0 aromatic heterocycles. The van der Waals surface area contributed by atoms with E-state index in [1.807, 2.05) is 6.07 Å². The van der Waals surface area contributed by atoms with Crippen LogP contribution in [-0.2, 0) is 9.53 Å². The van der Waals surface area contributed by atoms with Gasteiger partial charge in [0, 0.05) is 6.08 Å². The normalized spacial score (nSPS) is 17.0. The molecule has 0 heterocycles. The third-order valence-corrected chi connectivity index (χ3v) is 2.93. The lowest BCUT2D eigenvalue weighted by molar-refractivity contribution is -0.151. The monoisotopic (exact) mass is 312 g/mol. The van der Waals surface area contributed by atoms with E-state index in [-0.39, 0.29) is 0 Å². The van der Waals surface area contributed by atoms with Crippen molar-refractivity contribution in [3.05, 3.63) is 42.0 Å². The van der Waals surface area contributed by atoms with E-state index >= 15 is 0 Å². The maximum atomic E-state index is 11.4. The number of rotatable bonds is 8. The standard InChI is InChI=1S/C15H20O7/c16-8-11(17)14(20)15(21)12(18)9-22-13(19)7-6-10-4-2-1-3-5-10/h1-7,11-12,14-18,20-21H,8-9H2/b7-6+/t11-,12+,14-,15-/m1/s1. The van der Waals surface area contributed by atoms with Crippen LogP contribution in [0.3, 0.4) is 0 Å². The van der Waals surface area contributed by atoms with Crippen LogP contribution >= 0.6 is 0 Å². The van der Waals surface area contributed by atoms with Gasteiger partial charge in [-0.3, -0.25) is 0 Å². The predicted octanol–water partition coefficient (Wildman–Crippen LogP) is -1.32. The van der Waals surface area contributed by atoms with Crippen molar-refractivity contribution in [3.8, 4) is 0 Å². The molecule has 22 heavy (non-hydrogen) atoms. The van der Waals surface area contributed by atoms with E-state index < -0.39 is 43.6 Å². The second-order valence-electron chi connectivity index (χ2n) is 4.67. The van der Waals surface area contributed by atoms with Crippen LogP contribution in [0.1, 0.15) is 5.56 Å². The van der Waals surface area contributed by atoms with Gasteiger partial charge in [0.25, 0.3) is 0 Å². The molecule has 5 N–H and O–H groups in total. The number of carbonyl (C=O) groups excluding carboxylic acids is 1. The molecule has 1 aromatic rings. The molecule has 0 aliphatic heterocycles. The number of hydrogen-bond donors (Lipinski definition) is 5. The molecule has 0 fully saturated rings. The molecule has 7 heteroatoms. The smallest absolute Gasteiger partial charge is 0.330 e. The summed E-state index contributed by atoms with van der Waals surface area (Å²) < 4.78 is 4.72. The summed E-state index contributed by atoms with van der Waals surface area (Å²) in [6.07, 6.45) is -4.02. The summed E-state index contributed by atoms with van der Waals surface area (Å²) in [7, 11) is 0. The van der Waals surface area contributed by atoms with Gasteiger partial charge in [0.05, 0.1) is 6.61 Å². The quantitative estimate of drug-likeness (QED) is 0.297. The first-order valence-electron chi connectivity index (χ1n) is 6.68. The van der Waals surface area contributed by atoms with E-state index in [9.17, 15) is 20.1 Å². The van der Waals surface area contributed by atoms with Gasteiger partial charge in [-0.25, -0.2) is 4.79 Å². The number of esters is 1. The minimum absolute atomic E-state index is 0.561. The van der Waals surface area contributed by atoms with E-state index in [2.05, 4.69) is 0 Å².